The van der Waals surface area contributed by atoms with Gasteiger partial charge >= 0.3 is 0 Å². The fourth-order valence-corrected chi connectivity index (χ4v) is 1.84. The lowest BCUT2D eigenvalue weighted by Gasteiger charge is -2.05. The zero-order valence-electron chi connectivity index (χ0n) is 10.7. The van der Waals surface area contributed by atoms with Gasteiger partial charge in [-0.1, -0.05) is 6.07 Å². The Bertz CT molecular complexity index is 559. The number of hydrogen-bond donors (Lipinski definition) is 2. The molecule has 0 spiro atoms. The van der Waals surface area contributed by atoms with Crippen molar-refractivity contribution in [3.63, 3.8) is 0 Å². The van der Waals surface area contributed by atoms with Crippen LogP contribution in [0.2, 0.25) is 0 Å². The SMILES string of the molecule is Cc1cccn2cc(CNC(=O)CC(C)N)nc12. The number of hydrogen-bond acceptors (Lipinski definition) is 3. The van der Waals surface area contributed by atoms with E-state index in [1.54, 1.807) is 0 Å². The maximum Gasteiger partial charge on any atom is 0.221 e. The quantitative estimate of drug-likeness (QED) is 0.845. The molecule has 1 atom stereocenters. The van der Waals surface area contributed by atoms with Crippen LogP contribution in [0.3, 0.4) is 0 Å². The predicted octanol–water partition coefficient (Wildman–Crippen LogP) is 0.996. The highest BCUT2D eigenvalue weighted by Crippen LogP contribution is 2.09. The third kappa shape index (κ3) is 2.87. The van der Waals surface area contributed by atoms with Crippen LogP contribution in [0.15, 0.2) is 24.5 Å². The number of nitrogens with zero attached hydrogens (tertiary/aromatic N) is 2. The third-order valence-electron chi connectivity index (χ3n) is 2.70. The van der Waals surface area contributed by atoms with Gasteiger partial charge in [-0.2, -0.15) is 0 Å². The van der Waals surface area contributed by atoms with Crippen LogP contribution in [0.4, 0.5) is 0 Å². The molecule has 0 aliphatic heterocycles. The first-order valence-corrected chi connectivity index (χ1v) is 6.01. The number of nitrogens with two attached hydrogens (primary N) is 1. The van der Waals surface area contributed by atoms with E-state index in [1.165, 1.54) is 0 Å². The van der Waals surface area contributed by atoms with Gasteiger partial charge in [-0.25, -0.2) is 4.98 Å². The summed E-state index contributed by atoms with van der Waals surface area (Å²) in [5, 5.41) is 2.82. The van der Waals surface area contributed by atoms with Crippen LogP contribution in [0.25, 0.3) is 5.65 Å². The monoisotopic (exact) mass is 246 g/mol. The molecule has 5 heteroatoms. The summed E-state index contributed by atoms with van der Waals surface area (Å²) in [5.41, 5.74) is 8.45. The number of aromatic nitrogens is 2. The van der Waals surface area contributed by atoms with Crippen LogP contribution in [0.5, 0.6) is 0 Å². The van der Waals surface area contributed by atoms with Crippen molar-refractivity contribution >= 4 is 11.6 Å². The molecule has 0 saturated carbocycles. The van der Waals surface area contributed by atoms with Gasteiger partial charge in [0.1, 0.15) is 5.65 Å². The molecule has 0 bridgehead atoms. The van der Waals surface area contributed by atoms with E-state index in [1.807, 2.05) is 42.8 Å². The van der Waals surface area contributed by atoms with Gasteiger partial charge in [-0.3, -0.25) is 4.79 Å². The highest BCUT2D eigenvalue weighted by molar-refractivity contribution is 5.76. The molecule has 96 valence electrons. The van der Waals surface area contributed by atoms with Crippen LogP contribution in [0.1, 0.15) is 24.6 Å². The van der Waals surface area contributed by atoms with Gasteiger partial charge in [0.15, 0.2) is 0 Å². The Morgan fingerprint density at radius 2 is 2.39 bits per heavy atom. The normalized spacial score (nSPS) is 12.6. The Labute approximate surface area is 106 Å². The molecule has 2 rings (SSSR count). The van der Waals surface area contributed by atoms with Gasteiger partial charge < -0.3 is 15.5 Å². The molecule has 2 aromatic rings. The predicted molar refractivity (Wildman–Crippen MR) is 70.0 cm³/mol. The minimum Gasteiger partial charge on any atom is -0.350 e. The molecular formula is C13H18N4O. The van der Waals surface area contributed by atoms with Gasteiger partial charge in [0, 0.05) is 24.9 Å². The smallest absolute Gasteiger partial charge is 0.221 e. The molecule has 5 nitrogen and oxygen atoms in total. The first kappa shape index (κ1) is 12.6. The van der Waals surface area contributed by atoms with Crippen molar-refractivity contribution in [2.24, 2.45) is 5.73 Å². The van der Waals surface area contributed by atoms with E-state index in [0.717, 1.165) is 16.9 Å². The summed E-state index contributed by atoms with van der Waals surface area (Å²) in [6.45, 7) is 4.27. The van der Waals surface area contributed by atoms with Crippen LogP contribution in [-0.4, -0.2) is 21.3 Å². The van der Waals surface area contributed by atoms with Gasteiger partial charge in [-0.15, -0.1) is 0 Å². The molecule has 0 aliphatic carbocycles. The van der Waals surface area contributed by atoms with Crippen molar-refractivity contribution in [1.82, 2.24) is 14.7 Å². The standard InChI is InChI=1S/C13H18N4O/c1-9-4-3-5-17-8-11(16-13(9)17)7-15-12(18)6-10(2)14/h3-5,8,10H,6-7,14H2,1-2H3,(H,15,18). The maximum atomic E-state index is 11.5. The van der Waals surface area contributed by atoms with Crippen molar-refractivity contribution in [2.75, 3.05) is 0 Å². The van der Waals surface area contributed by atoms with Crippen molar-refractivity contribution < 1.29 is 4.79 Å². The van der Waals surface area contributed by atoms with Crippen molar-refractivity contribution in [3.05, 3.63) is 35.8 Å². The van der Waals surface area contributed by atoms with E-state index in [0.29, 0.717) is 13.0 Å². The van der Waals surface area contributed by atoms with Gasteiger partial charge in [0.2, 0.25) is 5.91 Å². The Morgan fingerprint density at radius 1 is 1.61 bits per heavy atom. The largest absolute Gasteiger partial charge is 0.350 e. The number of imidazole rings is 1. The first-order valence-electron chi connectivity index (χ1n) is 6.01. The van der Waals surface area contributed by atoms with Crippen molar-refractivity contribution in [3.8, 4) is 0 Å². The number of pyridine rings is 1. The summed E-state index contributed by atoms with van der Waals surface area (Å²) in [5.74, 6) is -0.0428. The molecule has 1 unspecified atom stereocenters. The van der Waals surface area contributed by atoms with E-state index in [9.17, 15) is 4.79 Å². The van der Waals surface area contributed by atoms with Crippen molar-refractivity contribution in [2.45, 2.75) is 32.9 Å². The Hall–Kier alpha value is -1.88. The van der Waals surface area contributed by atoms with Gasteiger partial charge in [0.25, 0.3) is 0 Å². The number of carbonyl (C=O) groups is 1. The molecule has 0 fully saturated rings. The van der Waals surface area contributed by atoms with Crippen LogP contribution >= 0.6 is 0 Å². The minimum absolute atomic E-state index is 0.0428. The molecule has 2 heterocycles. The van der Waals surface area contributed by atoms with E-state index in [4.69, 9.17) is 5.73 Å². The van der Waals surface area contributed by atoms with Crippen LogP contribution < -0.4 is 11.1 Å². The molecule has 2 aromatic heterocycles. The maximum absolute atomic E-state index is 11.5. The lowest BCUT2D eigenvalue weighted by atomic mass is 10.2. The average molecular weight is 246 g/mol. The topological polar surface area (TPSA) is 72.4 Å². The summed E-state index contributed by atoms with van der Waals surface area (Å²) >= 11 is 0. The lowest BCUT2D eigenvalue weighted by molar-refractivity contribution is -0.121. The molecule has 1 amide bonds. The number of rotatable bonds is 4. The molecular weight excluding hydrogens is 228 g/mol. The summed E-state index contributed by atoms with van der Waals surface area (Å²) in [6, 6.07) is 3.87. The highest BCUT2D eigenvalue weighted by atomic mass is 16.1. The average Bonchev–Trinajstić information content (AvgIpc) is 2.70. The number of fused-ring (bicyclic) bond motifs is 1. The van der Waals surface area contributed by atoms with Gasteiger partial charge in [-0.05, 0) is 25.5 Å². The van der Waals surface area contributed by atoms with Crippen LogP contribution in [-0.2, 0) is 11.3 Å². The minimum atomic E-state index is -0.117. The summed E-state index contributed by atoms with van der Waals surface area (Å²) in [4.78, 5) is 16.0. The molecule has 3 N–H and O–H groups in total. The highest BCUT2D eigenvalue weighted by Gasteiger charge is 2.07. The van der Waals surface area contributed by atoms with E-state index < -0.39 is 0 Å². The fourth-order valence-electron chi connectivity index (χ4n) is 1.84. The third-order valence-corrected chi connectivity index (χ3v) is 2.70. The summed E-state index contributed by atoms with van der Waals surface area (Å²) < 4.78 is 1.96. The number of carbonyl (C=O) groups excluding carboxylic acids is 1. The van der Waals surface area contributed by atoms with E-state index in [2.05, 4.69) is 10.3 Å². The summed E-state index contributed by atoms with van der Waals surface area (Å²) in [7, 11) is 0. The number of amides is 1. The molecule has 0 aromatic carbocycles. The zero-order chi connectivity index (χ0) is 13.1. The number of aryl methyl sites for hydroxylation is 1. The second-order valence-electron chi connectivity index (χ2n) is 4.61. The molecule has 18 heavy (non-hydrogen) atoms. The lowest BCUT2D eigenvalue weighted by Crippen LogP contribution is -2.29. The summed E-state index contributed by atoms with van der Waals surface area (Å²) in [6.07, 6.45) is 4.21. The van der Waals surface area contributed by atoms with E-state index in [-0.39, 0.29) is 11.9 Å². The van der Waals surface area contributed by atoms with Crippen LogP contribution in [0, 0.1) is 6.92 Å². The Balaban J connectivity index is 2.04. The second kappa shape index (κ2) is 5.18. The first-order chi connectivity index (χ1) is 8.56. The second-order valence-corrected chi connectivity index (χ2v) is 4.61. The molecule has 0 radical (unpaired) electrons. The Kier molecular flexibility index (Phi) is 3.62. The van der Waals surface area contributed by atoms with E-state index >= 15 is 0 Å². The molecule has 0 aliphatic rings. The number of nitrogens with one attached hydrogen (secondary N) is 1. The fraction of sp³-hybridized carbons (Fsp3) is 0.385. The van der Waals surface area contributed by atoms with Crippen molar-refractivity contribution in [1.29, 1.82) is 0 Å². The molecule has 0 saturated heterocycles. The van der Waals surface area contributed by atoms with Gasteiger partial charge in [0.05, 0.1) is 12.2 Å². The Morgan fingerprint density at radius 3 is 3.06 bits per heavy atom. The zero-order valence-corrected chi connectivity index (χ0v) is 10.7.